The lowest BCUT2D eigenvalue weighted by atomic mass is 10.2. The van der Waals surface area contributed by atoms with Crippen molar-refractivity contribution in [2.24, 2.45) is 0 Å². The first-order valence-electron chi connectivity index (χ1n) is 7.79. The van der Waals surface area contributed by atoms with Gasteiger partial charge in [0.25, 0.3) is 5.91 Å². The van der Waals surface area contributed by atoms with E-state index < -0.39 is 0 Å². The van der Waals surface area contributed by atoms with Gasteiger partial charge in [0, 0.05) is 18.7 Å². The van der Waals surface area contributed by atoms with Crippen LogP contribution in [0.4, 0.5) is 0 Å². The quantitative estimate of drug-likeness (QED) is 0.897. The summed E-state index contributed by atoms with van der Waals surface area (Å²) in [6.07, 6.45) is 0. The Balaban J connectivity index is 1.90. The van der Waals surface area contributed by atoms with Crippen LogP contribution >= 0.6 is 11.3 Å². The highest BCUT2D eigenvalue weighted by molar-refractivity contribution is 7.17. The summed E-state index contributed by atoms with van der Waals surface area (Å²) >= 11 is 1.32. The highest BCUT2D eigenvalue weighted by atomic mass is 32.1. The number of nitrogens with one attached hydrogen (secondary N) is 1. The minimum absolute atomic E-state index is 0.0852. The van der Waals surface area contributed by atoms with Gasteiger partial charge in [-0.25, -0.2) is 4.98 Å². The number of aromatic nitrogens is 1. The molecule has 1 saturated heterocycles. The van der Waals surface area contributed by atoms with E-state index >= 15 is 0 Å². The molecule has 0 bridgehead atoms. The lowest BCUT2D eigenvalue weighted by Crippen LogP contribution is -2.49. The molecule has 1 aromatic carbocycles. The monoisotopic (exact) mass is 361 g/mol. The average Bonchev–Trinajstić information content (AvgIpc) is 3.02. The second-order valence-electron chi connectivity index (χ2n) is 5.58. The van der Waals surface area contributed by atoms with Crippen LogP contribution in [0, 0.1) is 6.92 Å². The van der Waals surface area contributed by atoms with Gasteiger partial charge in [0.1, 0.15) is 9.88 Å². The highest BCUT2D eigenvalue weighted by Crippen LogP contribution is 2.35. The summed E-state index contributed by atoms with van der Waals surface area (Å²) in [4.78, 5) is 30.8. The molecule has 132 valence electrons. The van der Waals surface area contributed by atoms with Crippen molar-refractivity contribution in [2.45, 2.75) is 6.92 Å². The molecule has 1 aliphatic heterocycles. The molecule has 0 unspecified atom stereocenters. The standard InChI is InChI=1S/C17H19N3O4S/c1-10-15(17(22)20-7-6-18-14(21)9-20)25-16(19-10)11-4-5-12(23-2)13(8-11)24-3/h4-5,8H,6-7,9H2,1-3H3,(H,18,21). The van der Waals surface area contributed by atoms with Crippen molar-refractivity contribution in [3.05, 3.63) is 28.8 Å². The molecule has 1 aliphatic rings. The summed E-state index contributed by atoms with van der Waals surface area (Å²) in [5.41, 5.74) is 1.51. The maximum absolute atomic E-state index is 12.7. The minimum atomic E-state index is -0.156. The third-order valence-electron chi connectivity index (χ3n) is 3.95. The molecule has 0 radical (unpaired) electrons. The molecule has 7 nitrogen and oxygen atoms in total. The molecule has 0 atom stereocenters. The molecule has 25 heavy (non-hydrogen) atoms. The number of benzene rings is 1. The molecule has 3 rings (SSSR count). The second kappa shape index (κ2) is 7.10. The molecule has 1 N–H and O–H groups in total. The fourth-order valence-electron chi connectivity index (χ4n) is 2.64. The molecule has 0 aliphatic carbocycles. The first-order valence-corrected chi connectivity index (χ1v) is 8.61. The molecular formula is C17H19N3O4S. The molecular weight excluding hydrogens is 342 g/mol. The van der Waals surface area contributed by atoms with E-state index in [1.165, 1.54) is 11.3 Å². The van der Waals surface area contributed by atoms with Gasteiger partial charge in [-0.1, -0.05) is 0 Å². The molecule has 2 heterocycles. The van der Waals surface area contributed by atoms with Gasteiger partial charge in [-0.3, -0.25) is 9.59 Å². The Hall–Kier alpha value is -2.61. The van der Waals surface area contributed by atoms with Crippen molar-refractivity contribution in [1.82, 2.24) is 15.2 Å². The zero-order chi connectivity index (χ0) is 18.0. The predicted octanol–water partition coefficient (Wildman–Crippen LogP) is 1.71. The van der Waals surface area contributed by atoms with Crippen molar-refractivity contribution >= 4 is 23.2 Å². The normalized spacial score (nSPS) is 14.2. The number of carbonyl (C=O) groups is 2. The van der Waals surface area contributed by atoms with Gasteiger partial charge in [-0.05, 0) is 25.1 Å². The van der Waals surface area contributed by atoms with E-state index in [1.54, 1.807) is 32.1 Å². The van der Waals surface area contributed by atoms with E-state index in [0.29, 0.717) is 35.2 Å². The van der Waals surface area contributed by atoms with Crippen molar-refractivity contribution in [3.63, 3.8) is 0 Å². The van der Waals surface area contributed by atoms with Crippen LogP contribution in [-0.2, 0) is 4.79 Å². The van der Waals surface area contributed by atoms with Crippen molar-refractivity contribution in [3.8, 4) is 22.1 Å². The number of carbonyl (C=O) groups excluding carboxylic acids is 2. The van der Waals surface area contributed by atoms with E-state index in [0.717, 1.165) is 10.6 Å². The lowest BCUT2D eigenvalue weighted by Gasteiger charge is -2.26. The average molecular weight is 361 g/mol. The number of amides is 2. The number of aryl methyl sites for hydroxylation is 1. The molecule has 2 amide bonds. The minimum Gasteiger partial charge on any atom is -0.493 e. The summed E-state index contributed by atoms with van der Waals surface area (Å²) in [5, 5.41) is 3.44. The van der Waals surface area contributed by atoms with Gasteiger partial charge in [-0.2, -0.15) is 0 Å². The van der Waals surface area contributed by atoms with Gasteiger partial charge < -0.3 is 19.7 Å². The summed E-state index contributed by atoms with van der Waals surface area (Å²) < 4.78 is 10.6. The zero-order valence-corrected chi connectivity index (χ0v) is 15.1. The van der Waals surface area contributed by atoms with Crippen LogP contribution in [0.3, 0.4) is 0 Å². The summed E-state index contributed by atoms with van der Waals surface area (Å²) in [7, 11) is 3.15. The van der Waals surface area contributed by atoms with E-state index in [4.69, 9.17) is 9.47 Å². The van der Waals surface area contributed by atoms with Crippen molar-refractivity contribution < 1.29 is 19.1 Å². The van der Waals surface area contributed by atoms with E-state index in [-0.39, 0.29) is 18.4 Å². The van der Waals surface area contributed by atoms with Gasteiger partial charge in [0.2, 0.25) is 5.91 Å². The van der Waals surface area contributed by atoms with Crippen molar-refractivity contribution in [2.75, 3.05) is 33.9 Å². The molecule has 0 spiro atoms. The van der Waals surface area contributed by atoms with E-state index in [1.807, 2.05) is 12.1 Å². The molecule has 2 aromatic rings. The lowest BCUT2D eigenvalue weighted by molar-refractivity contribution is -0.123. The topological polar surface area (TPSA) is 80.8 Å². The Kier molecular flexibility index (Phi) is 4.89. The Labute approximate surface area is 149 Å². The third-order valence-corrected chi connectivity index (χ3v) is 5.14. The largest absolute Gasteiger partial charge is 0.493 e. The molecule has 8 heteroatoms. The zero-order valence-electron chi connectivity index (χ0n) is 14.3. The van der Waals surface area contributed by atoms with Crippen LogP contribution < -0.4 is 14.8 Å². The number of nitrogens with zero attached hydrogens (tertiary/aromatic N) is 2. The first kappa shape index (κ1) is 17.2. The van der Waals surface area contributed by atoms with Gasteiger partial charge in [0.15, 0.2) is 11.5 Å². The highest BCUT2D eigenvalue weighted by Gasteiger charge is 2.26. The first-order chi connectivity index (χ1) is 12.0. The number of piperazine rings is 1. The van der Waals surface area contributed by atoms with Gasteiger partial charge in [-0.15, -0.1) is 11.3 Å². The smallest absolute Gasteiger partial charge is 0.266 e. The number of rotatable bonds is 4. The van der Waals surface area contributed by atoms with Crippen LogP contribution in [0.1, 0.15) is 15.4 Å². The Morgan fingerprint density at radius 1 is 1.28 bits per heavy atom. The van der Waals surface area contributed by atoms with Gasteiger partial charge >= 0.3 is 0 Å². The van der Waals surface area contributed by atoms with Crippen LogP contribution in [0.2, 0.25) is 0 Å². The summed E-state index contributed by atoms with van der Waals surface area (Å²) in [6.45, 7) is 2.87. The Morgan fingerprint density at radius 2 is 2.04 bits per heavy atom. The fourth-order valence-corrected chi connectivity index (χ4v) is 3.67. The summed E-state index contributed by atoms with van der Waals surface area (Å²) in [5.74, 6) is 0.946. The molecule has 1 fully saturated rings. The van der Waals surface area contributed by atoms with Crippen LogP contribution in [0.15, 0.2) is 18.2 Å². The van der Waals surface area contributed by atoms with Crippen LogP contribution in [0.25, 0.3) is 10.6 Å². The number of hydrogen-bond donors (Lipinski definition) is 1. The third kappa shape index (κ3) is 3.43. The maximum atomic E-state index is 12.7. The summed E-state index contributed by atoms with van der Waals surface area (Å²) in [6, 6.07) is 5.52. The molecule has 0 saturated carbocycles. The molecule has 1 aromatic heterocycles. The number of methoxy groups -OCH3 is 2. The van der Waals surface area contributed by atoms with Crippen LogP contribution in [-0.4, -0.2) is 55.6 Å². The second-order valence-corrected chi connectivity index (χ2v) is 6.58. The van der Waals surface area contributed by atoms with Gasteiger partial charge in [0.05, 0.1) is 26.5 Å². The van der Waals surface area contributed by atoms with E-state index in [2.05, 4.69) is 10.3 Å². The predicted molar refractivity (Wildman–Crippen MR) is 94.3 cm³/mol. The Morgan fingerprint density at radius 3 is 2.72 bits per heavy atom. The van der Waals surface area contributed by atoms with E-state index in [9.17, 15) is 9.59 Å². The SMILES string of the molecule is COc1ccc(-c2nc(C)c(C(=O)N3CCNC(=O)C3)s2)cc1OC. The number of ether oxygens (including phenoxy) is 2. The van der Waals surface area contributed by atoms with Crippen LogP contribution in [0.5, 0.6) is 11.5 Å². The number of thiazole rings is 1. The fraction of sp³-hybridized carbons (Fsp3) is 0.353. The number of hydrogen-bond acceptors (Lipinski definition) is 6. The van der Waals surface area contributed by atoms with Crippen molar-refractivity contribution in [1.29, 1.82) is 0 Å². The maximum Gasteiger partial charge on any atom is 0.266 e. The Bertz CT molecular complexity index is 818.